The van der Waals surface area contributed by atoms with Crippen molar-refractivity contribution in [1.29, 1.82) is 0 Å². The molecule has 1 unspecified atom stereocenters. The van der Waals surface area contributed by atoms with Gasteiger partial charge in [0.1, 0.15) is 11.9 Å². The molecule has 1 aliphatic rings. The molecule has 1 aliphatic heterocycles. The van der Waals surface area contributed by atoms with E-state index in [1.165, 1.54) is 6.07 Å². The third-order valence-corrected chi connectivity index (χ3v) is 3.19. The maximum Gasteiger partial charge on any atom is 0.244 e. The number of carbonyl (C=O) groups excluding carboxylic acids is 1. The van der Waals surface area contributed by atoms with E-state index < -0.39 is 6.04 Å². The van der Waals surface area contributed by atoms with Crippen molar-refractivity contribution in [2.75, 3.05) is 31.6 Å². The summed E-state index contributed by atoms with van der Waals surface area (Å²) in [4.78, 5) is 13.9. The summed E-state index contributed by atoms with van der Waals surface area (Å²) in [7, 11) is 0. The Labute approximate surface area is 112 Å². The number of carbonyl (C=O) groups is 1. The molecule has 1 fully saturated rings. The van der Waals surface area contributed by atoms with Crippen LogP contribution in [0.15, 0.2) is 18.2 Å². The van der Waals surface area contributed by atoms with Crippen LogP contribution in [-0.4, -0.2) is 43.2 Å². The van der Waals surface area contributed by atoms with Crippen LogP contribution in [0.3, 0.4) is 0 Å². The van der Waals surface area contributed by atoms with Gasteiger partial charge in [-0.1, -0.05) is 6.07 Å². The van der Waals surface area contributed by atoms with Crippen LogP contribution in [0.1, 0.15) is 12.5 Å². The lowest BCUT2D eigenvalue weighted by Gasteiger charge is -2.29. The number of aryl methyl sites for hydroxylation is 1. The Morgan fingerprint density at radius 3 is 2.79 bits per heavy atom. The van der Waals surface area contributed by atoms with E-state index in [4.69, 9.17) is 4.74 Å². The monoisotopic (exact) mass is 266 g/mol. The first-order valence-corrected chi connectivity index (χ1v) is 6.47. The van der Waals surface area contributed by atoms with Gasteiger partial charge in [0.05, 0.1) is 18.9 Å². The molecule has 1 saturated heterocycles. The first kappa shape index (κ1) is 13.8. The van der Waals surface area contributed by atoms with Crippen LogP contribution in [0.4, 0.5) is 10.1 Å². The number of ether oxygens (including phenoxy) is 1. The predicted molar refractivity (Wildman–Crippen MR) is 71.6 cm³/mol. The number of anilines is 1. The molecule has 104 valence electrons. The van der Waals surface area contributed by atoms with Crippen LogP contribution >= 0.6 is 0 Å². The van der Waals surface area contributed by atoms with Gasteiger partial charge in [-0.3, -0.25) is 4.79 Å². The molecule has 4 nitrogen and oxygen atoms in total. The van der Waals surface area contributed by atoms with Gasteiger partial charge >= 0.3 is 0 Å². The lowest BCUT2D eigenvalue weighted by atomic mass is 10.2. The van der Waals surface area contributed by atoms with Gasteiger partial charge in [0.2, 0.25) is 5.91 Å². The van der Waals surface area contributed by atoms with E-state index >= 15 is 0 Å². The van der Waals surface area contributed by atoms with Crippen molar-refractivity contribution in [2.45, 2.75) is 19.9 Å². The van der Waals surface area contributed by atoms with Crippen LogP contribution in [0, 0.1) is 12.7 Å². The second-order valence-electron chi connectivity index (χ2n) is 4.79. The molecule has 1 N–H and O–H groups in total. The minimum atomic E-state index is -0.450. The van der Waals surface area contributed by atoms with Crippen LogP contribution < -0.4 is 5.32 Å². The Kier molecular flexibility index (Phi) is 4.37. The second kappa shape index (κ2) is 6.02. The van der Waals surface area contributed by atoms with Crippen LogP contribution in [0.2, 0.25) is 0 Å². The van der Waals surface area contributed by atoms with E-state index in [0.717, 1.165) is 5.56 Å². The summed E-state index contributed by atoms with van der Waals surface area (Å²) in [6, 6.07) is 4.37. The summed E-state index contributed by atoms with van der Waals surface area (Å²) in [5.74, 6) is -0.364. The Balaban J connectivity index is 2.01. The maximum absolute atomic E-state index is 13.6. The molecular weight excluding hydrogens is 247 g/mol. The number of rotatable bonds is 3. The Hall–Kier alpha value is -1.62. The molecule has 0 spiro atoms. The fourth-order valence-electron chi connectivity index (χ4n) is 2.10. The molecule has 1 heterocycles. The molecule has 0 aliphatic carbocycles. The van der Waals surface area contributed by atoms with Crippen molar-refractivity contribution in [3.63, 3.8) is 0 Å². The number of hydrogen-bond donors (Lipinski definition) is 1. The van der Waals surface area contributed by atoms with E-state index in [2.05, 4.69) is 5.32 Å². The third kappa shape index (κ3) is 3.44. The van der Waals surface area contributed by atoms with E-state index in [1.807, 2.05) is 6.92 Å². The SMILES string of the molecule is Cc1ccc(F)c(NC(C)C(=O)N2CCOCC2)c1. The summed E-state index contributed by atoms with van der Waals surface area (Å²) in [5.41, 5.74) is 1.32. The third-order valence-electron chi connectivity index (χ3n) is 3.19. The number of nitrogens with one attached hydrogen (secondary N) is 1. The van der Waals surface area contributed by atoms with Crippen LogP contribution in [0.5, 0.6) is 0 Å². The Bertz CT molecular complexity index is 459. The standard InChI is InChI=1S/C14H19FN2O2/c1-10-3-4-12(15)13(9-10)16-11(2)14(18)17-5-7-19-8-6-17/h3-4,9,11,16H,5-8H2,1-2H3. The molecule has 2 rings (SSSR count). The van der Waals surface area contributed by atoms with Gasteiger partial charge < -0.3 is 15.0 Å². The normalized spacial score (nSPS) is 17.1. The van der Waals surface area contributed by atoms with Gasteiger partial charge in [0.25, 0.3) is 0 Å². The minimum Gasteiger partial charge on any atom is -0.378 e. The van der Waals surface area contributed by atoms with Crippen LogP contribution in [-0.2, 0) is 9.53 Å². The zero-order valence-electron chi connectivity index (χ0n) is 11.3. The van der Waals surface area contributed by atoms with Gasteiger partial charge in [0.15, 0.2) is 0 Å². The van der Waals surface area contributed by atoms with Gasteiger partial charge in [-0.15, -0.1) is 0 Å². The van der Waals surface area contributed by atoms with E-state index in [0.29, 0.717) is 32.0 Å². The first-order chi connectivity index (χ1) is 9.08. The Morgan fingerprint density at radius 2 is 2.11 bits per heavy atom. The van der Waals surface area contributed by atoms with E-state index in [9.17, 15) is 9.18 Å². The highest BCUT2D eigenvalue weighted by molar-refractivity contribution is 5.84. The number of halogens is 1. The van der Waals surface area contributed by atoms with Gasteiger partial charge in [-0.2, -0.15) is 0 Å². The largest absolute Gasteiger partial charge is 0.378 e. The molecule has 0 aromatic heterocycles. The molecule has 19 heavy (non-hydrogen) atoms. The fraction of sp³-hybridized carbons (Fsp3) is 0.500. The quantitative estimate of drug-likeness (QED) is 0.907. The van der Waals surface area contributed by atoms with Crippen molar-refractivity contribution in [3.8, 4) is 0 Å². The highest BCUT2D eigenvalue weighted by Gasteiger charge is 2.22. The number of amides is 1. The molecule has 5 heteroatoms. The van der Waals surface area contributed by atoms with Crippen molar-refractivity contribution < 1.29 is 13.9 Å². The number of hydrogen-bond acceptors (Lipinski definition) is 3. The van der Waals surface area contributed by atoms with E-state index in [-0.39, 0.29) is 11.7 Å². The van der Waals surface area contributed by atoms with Crippen LogP contribution in [0.25, 0.3) is 0 Å². The topological polar surface area (TPSA) is 41.6 Å². The number of benzene rings is 1. The van der Waals surface area contributed by atoms with Crippen molar-refractivity contribution in [2.24, 2.45) is 0 Å². The molecule has 1 atom stereocenters. The number of nitrogens with zero attached hydrogens (tertiary/aromatic N) is 1. The average Bonchev–Trinajstić information content (AvgIpc) is 2.43. The summed E-state index contributed by atoms with van der Waals surface area (Å²) in [6.07, 6.45) is 0. The van der Waals surface area contributed by atoms with Gasteiger partial charge in [-0.05, 0) is 31.5 Å². The van der Waals surface area contributed by atoms with Crippen molar-refractivity contribution in [1.82, 2.24) is 4.90 Å². The highest BCUT2D eigenvalue weighted by Crippen LogP contribution is 2.17. The fourth-order valence-corrected chi connectivity index (χ4v) is 2.10. The summed E-state index contributed by atoms with van der Waals surface area (Å²) < 4.78 is 18.8. The van der Waals surface area contributed by atoms with Gasteiger partial charge in [-0.25, -0.2) is 4.39 Å². The molecule has 1 aromatic rings. The minimum absolute atomic E-state index is 0.0239. The average molecular weight is 266 g/mol. The molecule has 0 radical (unpaired) electrons. The maximum atomic E-state index is 13.6. The summed E-state index contributed by atoms with van der Waals surface area (Å²) >= 11 is 0. The smallest absolute Gasteiger partial charge is 0.244 e. The predicted octanol–water partition coefficient (Wildman–Crippen LogP) is 1.79. The zero-order valence-corrected chi connectivity index (χ0v) is 11.3. The lowest BCUT2D eigenvalue weighted by Crippen LogP contribution is -2.47. The lowest BCUT2D eigenvalue weighted by molar-refractivity contribution is -0.135. The molecule has 1 amide bonds. The van der Waals surface area contributed by atoms with Crippen molar-refractivity contribution >= 4 is 11.6 Å². The van der Waals surface area contributed by atoms with Crippen molar-refractivity contribution in [3.05, 3.63) is 29.6 Å². The zero-order chi connectivity index (χ0) is 13.8. The highest BCUT2D eigenvalue weighted by atomic mass is 19.1. The first-order valence-electron chi connectivity index (χ1n) is 6.47. The molecule has 0 saturated carbocycles. The van der Waals surface area contributed by atoms with E-state index in [1.54, 1.807) is 24.0 Å². The Morgan fingerprint density at radius 1 is 1.42 bits per heavy atom. The van der Waals surface area contributed by atoms with Gasteiger partial charge in [0, 0.05) is 13.1 Å². The number of morpholine rings is 1. The summed E-state index contributed by atoms with van der Waals surface area (Å²) in [5, 5.41) is 2.94. The molecule has 1 aromatic carbocycles. The molecular formula is C14H19FN2O2. The summed E-state index contributed by atoms with van der Waals surface area (Å²) in [6.45, 7) is 5.97. The molecule has 0 bridgehead atoms. The second-order valence-corrected chi connectivity index (χ2v) is 4.79.